The topological polar surface area (TPSA) is 66.5 Å². The van der Waals surface area contributed by atoms with Gasteiger partial charge in [-0.3, -0.25) is 0 Å². The number of halogens is 1. The van der Waals surface area contributed by atoms with Crippen molar-refractivity contribution in [2.45, 2.75) is 19.3 Å². The molecule has 1 atom stereocenters. The van der Waals surface area contributed by atoms with E-state index in [1.807, 2.05) is 12.1 Å². The summed E-state index contributed by atoms with van der Waals surface area (Å²) in [7, 11) is 0. The van der Waals surface area contributed by atoms with Gasteiger partial charge in [0, 0.05) is 17.5 Å². The van der Waals surface area contributed by atoms with E-state index in [-0.39, 0.29) is 0 Å². The molecule has 0 saturated carbocycles. The van der Waals surface area contributed by atoms with Crippen molar-refractivity contribution in [2.24, 2.45) is 0 Å². The zero-order chi connectivity index (χ0) is 14.7. The second kappa shape index (κ2) is 6.10. The molecule has 2 N–H and O–H groups in total. The highest BCUT2D eigenvalue weighted by Crippen LogP contribution is 2.23. The third kappa shape index (κ3) is 2.97. The van der Waals surface area contributed by atoms with Gasteiger partial charge in [-0.15, -0.1) is 0 Å². The zero-order valence-electron chi connectivity index (χ0n) is 11.7. The van der Waals surface area contributed by atoms with E-state index in [9.17, 15) is 0 Å². The second-order valence-corrected chi connectivity index (χ2v) is 5.30. The number of anilines is 1. The molecule has 1 aromatic carbocycles. The molecule has 21 heavy (non-hydrogen) atoms. The van der Waals surface area contributed by atoms with Gasteiger partial charge in [0.1, 0.15) is 11.8 Å². The van der Waals surface area contributed by atoms with Crippen LogP contribution in [0.2, 0.25) is 5.02 Å². The molecule has 0 aliphatic carbocycles. The Kier molecular flexibility index (Phi) is 4.01. The van der Waals surface area contributed by atoms with E-state index in [1.54, 1.807) is 6.33 Å². The Morgan fingerprint density at radius 2 is 2.00 bits per heavy atom. The molecule has 0 aliphatic heterocycles. The number of nitrogens with zero attached hydrogens (tertiary/aromatic N) is 3. The van der Waals surface area contributed by atoms with Gasteiger partial charge in [0.25, 0.3) is 0 Å². The maximum Gasteiger partial charge on any atom is 0.182 e. The Balaban J connectivity index is 1.76. The standard InChI is InChI=1S/C15H16ClN5/c1-2-10(11-3-5-12(16)6-4-11)7-17-14-13-15(19-8-18-13)21-9-20-14/h3-6,8-10H,2,7H2,1H3,(H2,17,18,19,20,21). The van der Waals surface area contributed by atoms with E-state index >= 15 is 0 Å². The molecular formula is C15H16ClN5. The van der Waals surface area contributed by atoms with E-state index in [4.69, 9.17) is 11.6 Å². The smallest absolute Gasteiger partial charge is 0.182 e. The van der Waals surface area contributed by atoms with Crippen LogP contribution in [0.15, 0.2) is 36.9 Å². The van der Waals surface area contributed by atoms with Crippen molar-refractivity contribution in [3.8, 4) is 0 Å². The molecule has 0 fully saturated rings. The van der Waals surface area contributed by atoms with Crippen LogP contribution in [0.3, 0.4) is 0 Å². The van der Waals surface area contributed by atoms with E-state index < -0.39 is 0 Å². The van der Waals surface area contributed by atoms with Crippen LogP contribution in [0.1, 0.15) is 24.8 Å². The predicted octanol–water partition coefficient (Wildman–Crippen LogP) is 3.61. The molecule has 2 aromatic heterocycles. The number of H-pyrrole nitrogens is 1. The summed E-state index contributed by atoms with van der Waals surface area (Å²) in [5, 5.41) is 4.14. The Bertz CT molecular complexity index is 722. The fraction of sp³-hybridized carbons (Fsp3) is 0.267. The van der Waals surface area contributed by atoms with Gasteiger partial charge in [0.15, 0.2) is 11.5 Å². The van der Waals surface area contributed by atoms with E-state index in [1.165, 1.54) is 11.9 Å². The Morgan fingerprint density at radius 1 is 1.19 bits per heavy atom. The van der Waals surface area contributed by atoms with Crippen LogP contribution in [0.25, 0.3) is 11.2 Å². The van der Waals surface area contributed by atoms with Gasteiger partial charge >= 0.3 is 0 Å². The van der Waals surface area contributed by atoms with Crippen molar-refractivity contribution in [1.82, 2.24) is 19.9 Å². The highest BCUT2D eigenvalue weighted by Gasteiger charge is 2.11. The molecule has 0 bridgehead atoms. The quantitative estimate of drug-likeness (QED) is 0.755. The highest BCUT2D eigenvalue weighted by atomic mass is 35.5. The molecule has 3 rings (SSSR count). The lowest BCUT2D eigenvalue weighted by atomic mass is 9.96. The first-order valence-corrected chi connectivity index (χ1v) is 7.29. The molecule has 0 saturated heterocycles. The minimum Gasteiger partial charge on any atom is -0.368 e. The van der Waals surface area contributed by atoms with Crippen LogP contribution in [-0.4, -0.2) is 26.5 Å². The fourth-order valence-electron chi connectivity index (χ4n) is 2.35. The van der Waals surface area contributed by atoms with Crippen LogP contribution in [-0.2, 0) is 0 Å². The third-order valence-corrected chi connectivity index (χ3v) is 3.83. The summed E-state index contributed by atoms with van der Waals surface area (Å²) in [6.07, 6.45) is 4.18. The molecule has 0 spiro atoms. The minimum atomic E-state index is 0.398. The maximum atomic E-state index is 5.94. The normalized spacial score (nSPS) is 12.5. The van der Waals surface area contributed by atoms with E-state index in [0.29, 0.717) is 11.6 Å². The summed E-state index contributed by atoms with van der Waals surface area (Å²) in [4.78, 5) is 15.6. The number of rotatable bonds is 5. The van der Waals surface area contributed by atoms with Crippen molar-refractivity contribution in [2.75, 3.05) is 11.9 Å². The van der Waals surface area contributed by atoms with Crippen molar-refractivity contribution in [1.29, 1.82) is 0 Å². The fourth-order valence-corrected chi connectivity index (χ4v) is 2.48. The van der Waals surface area contributed by atoms with Gasteiger partial charge in [-0.2, -0.15) is 0 Å². The SMILES string of the molecule is CCC(CNc1ncnc2nc[nH]c12)c1ccc(Cl)cc1. The van der Waals surface area contributed by atoms with Crippen LogP contribution >= 0.6 is 11.6 Å². The van der Waals surface area contributed by atoms with Crippen LogP contribution in [0, 0.1) is 0 Å². The number of hydrogen-bond acceptors (Lipinski definition) is 4. The third-order valence-electron chi connectivity index (χ3n) is 3.57. The number of aromatic amines is 1. The first-order chi connectivity index (χ1) is 10.3. The van der Waals surface area contributed by atoms with Crippen molar-refractivity contribution in [3.05, 3.63) is 47.5 Å². The van der Waals surface area contributed by atoms with E-state index in [2.05, 4.69) is 44.3 Å². The van der Waals surface area contributed by atoms with Gasteiger partial charge in [0.2, 0.25) is 0 Å². The van der Waals surface area contributed by atoms with Crippen molar-refractivity contribution < 1.29 is 0 Å². The molecule has 108 valence electrons. The van der Waals surface area contributed by atoms with Gasteiger partial charge in [-0.25, -0.2) is 15.0 Å². The molecule has 2 heterocycles. The summed E-state index contributed by atoms with van der Waals surface area (Å²) < 4.78 is 0. The molecule has 1 unspecified atom stereocenters. The number of benzene rings is 1. The van der Waals surface area contributed by atoms with Crippen LogP contribution in [0.5, 0.6) is 0 Å². The summed E-state index contributed by atoms with van der Waals surface area (Å²) in [6, 6.07) is 8.00. The molecule has 5 nitrogen and oxygen atoms in total. The molecule has 0 radical (unpaired) electrons. The lowest BCUT2D eigenvalue weighted by Gasteiger charge is -2.16. The second-order valence-electron chi connectivity index (χ2n) is 4.86. The van der Waals surface area contributed by atoms with Gasteiger partial charge in [-0.1, -0.05) is 30.7 Å². The van der Waals surface area contributed by atoms with Gasteiger partial charge < -0.3 is 10.3 Å². The molecule has 0 aliphatic rings. The zero-order valence-corrected chi connectivity index (χ0v) is 12.4. The molecule has 6 heteroatoms. The Labute approximate surface area is 127 Å². The Morgan fingerprint density at radius 3 is 2.76 bits per heavy atom. The van der Waals surface area contributed by atoms with Gasteiger partial charge in [-0.05, 0) is 24.1 Å². The monoisotopic (exact) mass is 301 g/mol. The first-order valence-electron chi connectivity index (χ1n) is 6.91. The van der Waals surface area contributed by atoms with Crippen molar-refractivity contribution >= 4 is 28.6 Å². The number of fused-ring (bicyclic) bond motifs is 1. The Hall–Kier alpha value is -2.14. The first kappa shape index (κ1) is 13.8. The van der Waals surface area contributed by atoms with Crippen LogP contribution < -0.4 is 5.32 Å². The summed E-state index contributed by atoms with van der Waals surface area (Å²) in [5.41, 5.74) is 2.78. The molecule has 0 amide bonds. The number of nitrogens with one attached hydrogen (secondary N) is 2. The summed E-state index contributed by atoms with van der Waals surface area (Å²) in [5.74, 6) is 1.18. The average Bonchev–Trinajstić information content (AvgIpc) is 2.99. The maximum absolute atomic E-state index is 5.94. The average molecular weight is 302 g/mol. The lowest BCUT2D eigenvalue weighted by molar-refractivity contribution is 0.694. The van der Waals surface area contributed by atoms with Crippen LogP contribution in [0.4, 0.5) is 5.82 Å². The van der Waals surface area contributed by atoms with E-state index in [0.717, 1.165) is 29.3 Å². The number of aromatic nitrogens is 4. The lowest BCUT2D eigenvalue weighted by Crippen LogP contribution is -2.13. The number of imidazole rings is 1. The molecular weight excluding hydrogens is 286 g/mol. The largest absolute Gasteiger partial charge is 0.368 e. The number of hydrogen-bond donors (Lipinski definition) is 2. The van der Waals surface area contributed by atoms with Gasteiger partial charge in [0.05, 0.1) is 6.33 Å². The summed E-state index contributed by atoms with van der Waals surface area (Å²) >= 11 is 5.94. The minimum absolute atomic E-state index is 0.398. The predicted molar refractivity (Wildman–Crippen MR) is 84.7 cm³/mol. The van der Waals surface area contributed by atoms with Crippen molar-refractivity contribution in [3.63, 3.8) is 0 Å². The summed E-state index contributed by atoms with van der Waals surface area (Å²) in [6.45, 7) is 2.97. The molecule has 3 aromatic rings. The highest BCUT2D eigenvalue weighted by molar-refractivity contribution is 6.30.